The molecule has 11 nitrogen and oxygen atoms in total. The van der Waals surface area contributed by atoms with E-state index in [9.17, 15) is 18.0 Å². The van der Waals surface area contributed by atoms with Gasteiger partial charge in [0.1, 0.15) is 10.6 Å². The number of sulfonamides is 1. The topological polar surface area (TPSA) is 210 Å². The fraction of sp³-hybridized carbons (Fsp3) is 0.429. The van der Waals surface area contributed by atoms with Crippen LogP contribution in [0.1, 0.15) is 12.5 Å². The van der Waals surface area contributed by atoms with Gasteiger partial charge in [0.15, 0.2) is 12.2 Å². The number of aliphatic hydroxyl groups excluding tert-OH is 2. The summed E-state index contributed by atoms with van der Waals surface area (Å²) in [6.07, 6.45) is -3.94. The molecule has 0 fully saturated rings. The first-order chi connectivity index (χ1) is 11.8. The molecule has 0 saturated carbocycles. The van der Waals surface area contributed by atoms with Gasteiger partial charge in [-0.3, -0.25) is 0 Å². The van der Waals surface area contributed by atoms with Crippen LogP contribution in [0.4, 0.5) is 0 Å². The number of carboxylic acid groups (broad SMARTS) is 2. The maximum Gasteiger partial charge on any atom is 0.335 e. The van der Waals surface area contributed by atoms with Crippen molar-refractivity contribution in [3.63, 3.8) is 0 Å². The average molecular weight is 394 g/mol. The van der Waals surface area contributed by atoms with Gasteiger partial charge in [-0.05, 0) is 31.0 Å². The van der Waals surface area contributed by atoms with E-state index in [4.69, 9.17) is 36.0 Å². The predicted octanol–water partition coefficient (Wildman–Crippen LogP) is -1.89. The quantitative estimate of drug-likeness (QED) is 0.302. The van der Waals surface area contributed by atoms with E-state index in [1.54, 1.807) is 12.1 Å². The first kappa shape index (κ1) is 23.8. The molecule has 3 atom stereocenters. The third-order valence-electron chi connectivity index (χ3n) is 2.90. The minimum Gasteiger partial charge on any atom is -0.495 e. The first-order valence-electron chi connectivity index (χ1n) is 7.08. The molecule has 0 aliphatic heterocycles. The number of ether oxygens (including phenoxy) is 1. The molecule has 3 unspecified atom stereocenters. The Balaban J connectivity index is 0.000000541. The minimum atomic E-state index is -3.77. The molecule has 0 spiro atoms. The van der Waals surface area contributed by atoms with Gasteiger partial charge in [-0.15, -0.1) is 0 Å². The normalized spacial score (nSPS) is 14.4. The van der Waals surface area contributed by atoms with Crippen molar-refractivity contribution in [2.75, 3.05) is 7.11 Å². The Morgan fingerprint density at radius 1 is 1.15 bits per heavy atom. The van der Waals surface area contributed by atoms with Gasteiger partial charge < -0.3 is 30.9 Å². The van der Waals surface area contributed by atoms with Gasteiger partial charge in [-0.1, -0.05) is 6.07 Å². The highest BCUT2D eigenvalue weighted by molar-refractivity contribution is 7.89. The molecule has 1 rings (SSSR count). The van der Waals surface area contributed by atoms with Crippen LogP contribution in [0.5, 0.6) is 5.75 Å². The summed E-state index contributed by atoms with van der Waals surface area (Å²) in [7, 11) is -2.37. The Morgan fingerprint density at radius 2 is 1.62 bits per heavy atom. The lowest BCUT2D eigenvalue weighted by Gasteiger charge is -2.10. The van der Waals surface area contributed by atoms with Crippen LogP contribution in [0.25, 0.3) is 0 Å². The van der Waals surface area contributed by atoms with E-state index in [0.29, 0.717) is 6.42 Å². The van der Waals surface area contributed by atoms with E-state index in [-0.39, 0.29) is 16.7 Å². The second-order valence-corrected chi connectivity index (χ2v) is 6.81. The van der Waals surface area contributed by atoms with E-state index in [1.807, 2.05) is 6.92 Å². The van der Waals surface area contributed by atoms with Crippen LogP contribution in [0, 0.1) is 0 Å². The van der Waals surface area contributed by atoms with Crippen molar-refractivity contribution in [1.82, 2.24) is 0 Å². The van der Waals surface area contributed by atoms with E-state index in [2.05, 4.69) is 0 Å². The number of hydrogen-bond acceptors (Lipinski definition) is 8. The van der Waals surface area contributed by atoms with Crippen LogP contribution < -0.4 is 15.6 Å². The van der Waals surface area contributed by atoms with Crippen LogP contribution in [-0.4, -0.2) is 66.1 Å². The molecule has 0 amide bonds. The Morgan fingerprint density at radius 3 is 1.92 bits per heavy atom. The van der Waals surface area contributed by atoms with E-state index >= 15 is 0 Å². The SMILES string of the molecule is COc1ccc(CC(C)N)cc1S(N)(=O)=O.O=C(O)C(O)C(O)C(=O)O. The fourth-order valence-corrected chi connectivity index (χ4v) is 2.46. The summed E-state index contributed by atoms with van der Waals surface area (Å²) >= 11 is 0. The highest BCUT2D eigenvalue weighted by Crippen LogP contribution is 2.24. The van der Waals surface area contributed by atoms with Crippen LogP contribution in [0.3, 0.4) is 0 Å². The van der Waals surface area contributed by atoms with Gasteiger partial charge in [0.2, 0.25) is 10.0 Å². The predicted molar refractivity (Wildman–Crippen MR) is 89.0 cm³/mol. The number of aliphatic hydroxyl groups is 2. The second kappa shape index (κ2) is 10.0. The van der Waals surface area contributed by atoms with Gasteiger partial charge >= 0.3 is 11.9 Å². The number of primary sulfonamides is 1. The third-order valence-corrected chi connectivity index (χ3v) is 3.83. The smallest absolute Gasteiger partial charge is 0.335 e. The van der Waals surface area contributed by atoms with Crippen LogP contribution in [-0.2, 0) is 26.0 Å². The molecule has 1 aromatic rings. The van der Waals surface area contributed by atoms with Crippen molar-refractivity contribution in [2.45, 2.75) is 36.5 Å². The monoisotopic (exact) mass is 394 g/mol. The standard InChI is InChI=1S/C10H16N2O3S.C4H6O6/c1-7(11)5-8-3-4-9(15-2)10(6-8)16(12,13)14;5-1(3(7)8)2(6)4(9)10/h3-4,6-7H,5,11H2,1-2H3,(H2,12,13,14);1-2,5-6H,(H,7,8)(H,9,10). The molecular formula is C14H22N2O9S. The van der Waals surface area contributed by atoms with Crippen molar-refractivity contribution in [3.05, 3.63) is 23.8 Å². The van der Waals surface area contributed by atoms with E-state index < -0.39 is 34.2 Å². The molecule has 0 saturated heterocycles. The number of carbonyl (C=O) groups is 2. The molecule has 0 aromatic heterocycles. The zero-order chi connectivity index (χ0) is 20.7. The van der Waals surface area contributed by atoms with E-state index in [1.165, 1.54) is 13.2 Å². The Labute approximate surface area is 149 Å². The summed E-state index contributed by atoms with van der Waals surface area (Å²) < 4.78 is 27.6. The summed E-state index contributed by atoms with van der Waals surface area (Å²) in [5.74, 6) is -3.29. The van der Waals surface area contributed by atoms with Crippen LogP contribution >= 0.6 is 0 Å². The van der Waals surface area contributed by atoms with Gasteiger partial charge in [-0.25, -0.2) is 23.1 Å². The number of hydrogen-bond donors (Lipinski definition) is 6. The average Bonchev–Trinajstić information content (AvgIpc) is 2.52. The largest absolute Gasteiger partial charge is 0.495 e. The fourth-order valence-electron chi connectivity index (χ4n) is 1.71. The number of carboxylic acids is 2. The lowest BCUT2D eigenvalue weighted by molar-refractivity contribution is -0.165. The third kappa shape index (κ3) is 7.76. The van der Waals surface area contributed by atoms with Crippen molar-refractivity contribution in [2.24, 2.45) is 10.9 Å². The summed E-state index contributed by atoms with van der Waals surface area (Å²) in [5, 5.41) is 37.6. The maximum atomic E-state index is 11.3. The molecule has 0 aliphatic rings. The molecule has 0 aliphatic carbocycles. The van der Waals surface area contributed by atoms with Crippen molar-refractivity contribution in [1.29, 1.82) is 0 Å². The van der Waals surface area contributed by atoms with Gasteiger partial charge in [0.25, 0.3) is 0 Å². The summed E-state index contributed by atoms with van der Waals surface area (Å²) in [4.78, 5) is 19.5. The summed E-state index contributed by atoms with van der Waals surface area (Å²) in [6, 6.07) is 4.81. The molecule has 26 heavy (non-hydrogen) atoms. The minimum absolute atomic E-state index is 0.00634. The van der Waals surface area contributed by atoms with Gasteiger partial charge in [0.05, 0.1) is 7.11 Å². The molecule has 1 aromatic carbocycles. The summed E-state index contributed by atoms with van der Waals surface area (Å²) in [5.41, 5.74) is 6.46. The molecular weight excluding hydrogens is 372 g/mol. The Bertz CT molecular complexity index is 716. The van der Waals surface area contributed by atoms with Crippen molar-refractivity contribution < 1.29 is 43.2 Å². The lowest BCUT2D eigenvalue weighted by Crippen LogP contribution is -2.39. The van der Waals surface area contributed by atoms with Gasteiger partial charge in [-0.2, -0.15) is 0 Å². The first-order valence-corrected chi connectivity index (χ1v) is 8.62. The number of benzene rings is 1. The molecule has 0 radical (unpaired) electrons. The molecule has 148 valence electrons. The number of rotatable bonds is 7. The zero-order valence-electron chi connectivity index (χ0n) is 14.1. The van der Waals surface area contributed by atoms with Crippen LogP contribution in [0.15, 0.2) is 23.1 Å². The highest BCUT2D eigenvalue weighted by atomic mass is 32.2. The van der Waals surface area contributed by atoms with Crippen LogP contribution in [0.2, 0.25) is 0 Å². The molecule has 0 heterocycles. The molecule has 12 heteroatoms. The lowest BCUT2D eigenvalue weighted by atomic mass is 10.1. The van der Waals surface area contributed by atoms with Crippen molar-refractivity contribution >= 4 is 22.0 Å². The number of methoxy groups -OCH3 is 1. The number of nitrogens with two attached hydrogens (primary N) is 2. The highest BCUT2D eigenvalue weighted by Gasteiger charge is 2.29. The van der Waals surface area contributed by atoms with E-state index in [0.717, 1.165) is 5.56 Å². The molecule has 0 bridgehead atoms. The Kier molecular flexibility index (Phi) is 9.17. The van der Waals surface area contributed by atoms with Gasteiger partial charge in [0, 0.05) is 6.04 Å². The molecule has 8 N–H and O–H groups in total. The summed E-state index contributed by atoms with van der Waals surface area (Å²) in [6.45, 7) is 1.85. The maximum absolute atomic E-state index is 11.3. The number of aliphatic carboxylic acids is 2. The second-order valence-electron chi connectivity index (χ2n) is 5.28. The Hall–Kier alpha value is -2.25. The van der Waals surface area contributed by atoms with Crippen molar-refractivity contribution in [3.8, 4) is 5.75 Å². The zero-order valence-corrected chi connectivity index (χ0v) is 14.9.